The van der Waals surface area contributed by atoms with Crippen molar-refractivity contribution in [3.8, 4) is 0 Å². The maximum absolute atomic E-state index is 12.9. The van der Waals surface area contributed by atoms with E-state index in [0.29, 0.717) is 6.42 Å². The average Bonchev–Trinajstić information content (AvgIpc) is 2.84. The second-order valence-corrected chi connectivity index (χ2v) is 10.2. The van der Waals surface area contributed by atoms with Crippen LogP contribution in [-0.4, -0.2) is 32.3 Å². The lowest BCUT2D eigenvalue weighted by Gasteiger charge is -2.34. The van der Waals surface area contributed by atoms with Gasteiger partial charge in [-0.15, -0.1) is 11.8 Å². The van der Waals surface area contributed by atoms with Gasteiger partial charge in [0.05, 0.1) is 5.25 Å². The van der Waals surface area contributed by atoms with E-state index in [1.807, 2.05) is 20.8 Å². The van der Waals surface area contributed by atoms with Gasteiger partial charge in [0.2, 0.25) is 11.8 Å². The third-order valence-corrected chi connectivity index (χ3v) is 7.25. The number of unbranched alkanes of at least 4 members (excludes halogenated alkanes) is 4. The molecular weight excluding hydrogens is 330 g/mol. The van der Waals surface area contributed by atoms with Gasteiger partial charge in [0, 0.05) is 16.7 Å². The van der Waals surface area contributed by atoms with Crippen molar-refractivity contribution >= 4 is 23.6 Å². The highest BCUT2D eigenvalue weighted by Crippen LogP contribution is 2.43. The first-order valence-corrected chi connectivity index (χ1v) is 11.1. The van der Waals surface area contributed by atoms with E-state index >= 15 is 0 Å². The van der Waals surface area contributed by atoms with Crippen LogP contribution in [0.1, 0.15) is 106 Å². The van der Waals surface area contributed by atoms with Crippen molar-refractivity contribution in [2.75, 3.05) is 0 Å². The standard InChI is InChI=1S/C21H39NO2S/c1-7-10-12-13-15-21(6,14-11-8-2)25-17-16-18(23)22(19(17)24)20(4,5)9-3/h17H,7-16H2,1-6H3. The zero-order valence-corrected chi connectivity index (χ0v) is 18.1. The number of thioether (sulfide) groups is 1. The van der Waals surface area contributed by atoms with Gasteiger partial charge in [-0.3, -0.25) is 14.5 Å². The molecule has 0 saturated carbocycles. The molecule has 146 valence electrons. The molecule has 0 spiro atoms. The lowest BCUT2D eigenvalue weighted by atomic mass is 9.96. The van der Waals surface area contributed by atoms with E-state index < -0.39 is 0 Å². The summed E-state index contributed by atoms with van der Waals surface area (Å²) < 4.78 is 0.108. The maximum Gasteiger partial charge on any atom is 0.243 e. The number of amides is 2. The lowest BCUT2D eigenvalue weighted by Crippen LogP contribution is -2.48. The van der Waals surface area contributed by atoms with Crippen LogP contribution in [0.25, 0.3) is 0 Å². The second-order valence-electron chi connectivity index (χ2n) is 8.41. The van der Waals surface area contributed by atoms with Gasteiger partial charge >= 0.3 is 0 Å². The van der Waals surface area contributed by atoms with Crippen LogP contribution in [0.3, 0.4) is 0 Å². The third-order valence-electron chi connectivity index (χ3n) is 5.62. The van der Waals surface area contributed by atoms with Gasteiger partial charge in [0.15, 0.2) is 0 Å². The Morgan fingerprint density at radius 2 is 1.56 bits per heavy atom. The predicted octanol–water partition coefficient (Wildman–Crippen LogP) is 5.96. The van der Waals surface area contributed by atoms with Crippen LogP contribution in [0.15, 0.2) is 0 Å². The molecule has 1 fully saturated rings. The first-order chi connectivity index (χ1) is 11.7. The molecule has 1 rings (SSSR count). The molecule has 0 aromatic rings. The van der Waals surface area contributed by atoms with Crippen molar-refractivity contribution in [2.24, 2.45) is 0 Å². The number of carbonyl (C=O) groups is 2. The summed E-state index contributed by atoms with van der Waals surface area (Å²) in [6.07, 6.45) is 10.8. The third kappa shape index (κ3) is 6.30. The van der Waals surface area contributed by atoms with Crippen LogP contribution in [0.2, 0.25) is 0 Å². The molecule has 2 unspecified atom stereocenters. The van der Waals surface area contributed by atoms with Crippen LogP contribution >= 0.6 is 11.8 Å². The number of hydrogen-bond donors (Lipinski definition) is 0. The van der Waals surface area contributed by atoms with E-state index in [9.17, 15) is 9.59 Å². The van der Waals surface area contributed by atoms with Crippen molar-refractivity contribution in [1.29, 1.82) is 0 Å². The fourth-order valence-electron chi connectivity index (χ4n) is 3.55. The molecule has 25 heavy (non-hydrogen) atoms. The Bertz CT molecular complexity index is 449. The molecule has 1 heterocycles. The molecule has 1 aliphatic heterocycles. The first-order valence-electron chi connectivity index (χ1n) is 10.3. The van der Waals surface area contributed by atoms with Gasteiger partial charge in [-0.25, -0.2) is 0 Å². The maximum atomic E-state index is 12.9. The minimum absolute atomic E-state index is 0.0122. The average molecular weight is 370 g/mol. The number of rotatable bonds is 12. The number of imide groups is 1. The summed E-state index contributed by atoms with van der Waals surface area (Å²) in [5.41, 5.74) is -0.371. The molecule has 0 aromatic heterocycles. The highest BCUT2D eigenvalue weighted by atomic mass is 32.2. The predicted molar refractivity (Wildman–Crippen MR) is 109 cm³/mol. The van der Waals surface area contributed by atoms with Gasteiger partial charge in [-0.05, 0) is 33.1 Å². The Kier molecular flexibility index (Phi) is 9.00. The van der Waals surface area contributed by atoms with Crippen LogP contribution in [0, 0.1) is 0 Å². The Morgan fingerprint density at radius 1 is 0.960 bits per heavy atom. The molecule has 3 nitrogen and oxygen atoms in total. The van der Waals surface area contributed by atoms with E-state index in [4.69, 9.17) is 0 Å². The van der Waals surface area contributed by atoms with Gasteiger partial charge in [-0.2, -0.15) is 0 Å². The Labute approximate surface area is 159 Å². The summed E-state index contributed by atoms with van der Waals surface area (Å²) in [7, 11) is 0. The van der Waals surface area contributed by atoms with Crippen LogP contribution in [0.5, 0.6) is 0 Å². The van der Waals surface area contributed by atoms with Crippen LogP contribution in [0.4, 0.5) is 0 Å². The van der Waals surface area contributed by atoms with Crippen molar-refractivity contribution in [3.05, 3.63) is 0 Å². The normalized spacial score (nSPS) is 21.0. The second kappa shape index (κ2) is 9.99. The van der Waals surface area contributed by atoms with Gasteiger partial charge < -0.3 is 0 Å². The van der Waals surface area contributed by atoms with Gasteiger partial charge in [0.1, 0.15) is 0 Å². The summed E-state index contributed by atoms with van der Waals surface area (Å²) in [6, 6.07) is 0. The molecule has 1 aliphatic rings. The number of likely N-dealkylation sites (tertiary alicyclic amines) is 1. The fourth-order valence-corrected chi connectivity index (χ4v) is 5.20. The fraction of sp³-hybridized carbons (Fsp3) is 0.905. The highest BCUT2D eigenvalue weighted by Gasteiger charge is 2.47. The molecule has 4 heteroatoms. The zero-order chi connectivity index (χ0) is 19.1. The molecule has 0 aliphatic carbocycles. The van der Waals surface area contributed by atoms with E-state index in [0.717, 1.165) is 19.3 Å². The molecule has 2 atom stereocenters. The van der Waals surface area contributed by atoms with Gasteiger partial charge in [-0.1, -0.05) is 66.2 Å². The van der Waals surface area contributed by atoms with Crippen molar-refractivity contribution in [3.63, 3.8) is 0 Å². The monoisotopic (exact) mass is 369 g/mol. The summed E-state index contributed by atoms with van der Waals surface area (Å²) in [5.74, 6) is 0.0521. The molecule has 1 saturated heterocycles. The minimum Gasteiger partial charge on any atom is -0.276 e. The minimum atomic E-state index is -0.371. The van der Waals surface area contributed by atoms with Gasteiger partial charge in [0.25, 0.3) is 0 Å². The smallest absolute Gasteiger partial charge is 0.243 e. The summed E-state index contributed by atoms with van der Waals surface area (Å²) in [6.45, 7) is 12.8. The molecule has 0 bridgehead atoms. The lowest BCUT2D eigenvalue weighted by molar-refractivity contribution is -0.144. The van der Waals surface area contributed by atoms with Crippen molar-refractivity contribution < 1.29 is 9.59 Å². The van der Waals surface area contributed by atoms with E-state index in [1.165, 1.54) is 38.5 Å². The van der Waals surface area contributed by atoms with Crippen LogP contribution in [-0.2, 0) is 9.59 Å². The van der Waals surface area contributed by atoms with E-state index in [-0.39, 0.29) is 27.4 Å². The molecule has 0 radical (unpaired) electrons. The molecule has 0 aromatic carbocycles. The summed E-state index contributed by atoms with van der Waals surface area (Å²) >= 11 is 1.78. The molecular formula is C21H39NO2S. The Morgan fingerprint density at radius 3 is 2.12 bits per heavy atom. The Hall–Kier alpha value is -0.510. The van der Waals surface area contributed by atoms with Crippen molar-refractivity contribution in [1.82, 2.24) is 4.90 Å². The SMILES string of the molecule is CCCCCCC(C)(CCCC)SC1CC(=O)N(C(C)(C)CC)C1=O. The zero-order valence-electron chi connectivity index (χ0n) is 17.3. The number of nitrogens with zero attached hydrogens (tertiary/aromatic N) is 1. The summed E-state index contributed by atoms with van der Waals surface area (Å²) in [4.78, 5) is 27.0. The largest absolute Gasteiger partial charge is 0.276 e. The van der Waals surface area contributed by atoms with E-state index in [2.05, 4.69) is 20.8 Å². The quantitative estimate of drug-likeness (QED) is 0.315. The van der Waals surface area contributed by atoms with Crippen molar-refractivity contribution in [2.45, 2.75) is 121 Å². The Balaban J connectivity index is 2.79. The molecule has 2 amide bonds. The van der Waals surface area contributed by atoms with Crippen LogP contribution < -0.4 is 0 Å². The number of hydrogen-bond acceptors (Lipinski definition) is 3. The van der Waals surface area contributed by atoms with E-state index in [1.54, 1.807) is 16.7 Å². The first kappa shape index (κ1) is 22.5. The summed E-state index contributed by atoms with van der Waals surface area (Å²) in [5, 5.41) is -0.189. The highest BCUT2D eigenvalue weighted by molar-refractivity contribution is 8.02. The number of carbonyl (C=O) groups excluding carboxylic acids is 2. The molecule has 0 N–H and O–H groups in total. The topological polar surface area (TPSA) is 37.4 Å².